The summed E-state index contributed by atoms with van der Waals surface area (Å²) in [6.45, 7) is 5.77. The van der Waals surface area contributed by atoms with E-state index >= 15 is 0 Å². The Balaban J connectivity index is 1.68. The van der Waals surface area contributed by atoms with E-state index in [-0.39, 0.29) is 18.2 Å². The van der Waals surface area contributed by atoms with Crippen molar-refractivity contribution in [2.75, 3.05) is 7.11 Å². The van der Waals surface area contributed by atoms with Gasteiger partial charge in [0.25, 0.3) is 5.56 Å². The minimum atomic E-state index is -0.488. The molecule has 0 N–H and O–H groups in total. The van der Waals surface area contributed by atoms with Crippen LogP contribution >= 0.6 is 23.1 Å². The molecule has 0 aliphatic carbocycles. The second kappa shape index (κ2) is 8.05. The Morgan fingerprint density at radius 2 is 1.97 bits per heavy atom. The van der Waals surface area contributed by atoms with E-state index in [2.05, 4.69) is 0 Å². The third kappa shape index (κ3) is 3.62. The molecule has 31 heavy (non-hydrogen) atoms. The average molecular weight is 459 g/mol. The smallest absolute Gasteiger partial charge is 0.357 e. The molecule has 0 atom stereocenters. The molecule has 4 aromatic rings. The highest BCUT2D eigenvalue weighted by atomic mass is 35.5. The number of esters is 1. The highest BCUT2D eigenvalue weighted by Crippen LogP contribution is 2.31. The molecule has 0 spiro atoms. The Bertz CT molecular complexity index is 1380. The van der Waals surface area contributed by atoms with E-state index in [9.17, 15) is 9.59 Å². The van der Waals surface area contributed by atoms with Crippen LogP contribution in [0.1, 0.15) is 41.4 Å². The zero-order chi connectivity index (χ0) is 22.4. The summed E-state index contributed by atoms with van der Waals surface area (Å²) in [5.74, 6) is 0.367. The van der Waals surface area contributed by atoms with Gasteiger partial charge in [-0.25, -0.2) is 8.75 Å². The maximum Gasteiger partial charge on any atom is 0.357 e. The maximum absolute atomic E-state index is 13.0. The van der Waals surface area contributed by atoms with Gasteiger partial charge in [0.1, 0.15) is 11.4 Å². The first kappa shape index (κ1) is 21.5. The number of halogens is 1. The lowest BCUT2D eigenvalue weighted by Gasteiger charge is -2.08. The molecule has 2 aromatic heterocycles. The molecular formula is C23H23ClN2O4S. The number of carbonyl (C=O) groups excluding carboxylic acids is 1. The number of carbonyl (C=O) groups is 1. The lowest BCUT2D eigenvalue weighted by Crippen LogP contribution is -2.19. The Morgan fingerprint density at radius 1 is 1.23 bits per heavy atom. The van der Waals surface area contributed by atoms with E-state index in [0.717, 1.165) is 26.7 Å². The van der Waals surface area contributed by atoms with Crippen LogP contribution in [-0.2, 0) is 18.5 Å². The first-order valence-corrected chi connectivity index (χ1v) is 11.0. The predicted molar refractivity (Wildman–Crippen MR) is 125 cm³/mol. The number of ether oxygens (including phenoxy) is 2. The molecule has 2 aromatic carbocycles. The van der Waals surface area contributed by atoms with Gasteiger partial charge in [-0.15, -0.1) is 0 Å². The number of rotatable bonds is 5. The summed E-state index contributed by atoms with van der Waals surface area (Å²) >= 11 is 7.37. The minimum Gasteiger partial charge on any atom is -0.497 e. The van der Waals surface area contributed by atoms with Gasteiger partial charge in [0, 0.05) is 23.0 Å². The van der Waals surface area contributed by atoms with E-state index in [0.29, 0.717) is 21.9 Å². The number of benzene rings is 2. The number of nitrogens with zero attached hydrogens (tertiary/aromatic N) is 2. The third-order valence-corrected chi connectivity index (χ3v) is 6.78. The van der Waals surface area contributed by atoms with Crippen molar-refractivity contribution < 1.29 is 14.3 Å². The summed E-state index contributed by atoms with van der Waals surface area (Å²) in [5, 5.41) is 2.15. The van der Waals surface area contributed by atoms with Crippen molar-refractivity contribution in [2.45, 2.75) is 33.4 Å². The molecule has 0 aliphatic heterocycles. The fraction of sp³-hybridized carbons (Fsp3) is 0.304. The molecule has 4 rings (SSSR count). The van der Waals surface area contributed by atoms with E-state index in [4.69, 9.17) is 21.1 Å². The van der Waals surface area contributed by atoms with E-state index in [1.807, 2.05) is 52.1 Å². The second-order valence-corrected chi connectivity index (χ2v) is 9.27. The van der Waals surface area contributed by atoms with Gasteiger partial charge in [-0.3, -0.25) is 4.79 Å². The van der Waals surface area contributed by atoms with E-state index < -0.39 is 5.97 Å². The molecule has 0 bridgehead atoms. The van der Waals surface area contributed by atoms with Crippen molar-refractivity contribution in [1.29, 1.82) is 0 Å². The number of hydrogen-bond acceptors (Lipinski definition) is 5. The topological polar surface area (TPSA) is 62.5 Å². The van der Waals surface area contributed by atoms with Crippen LogP contribution in [0, 0.1) is 6.92 Å². The van der Waals surface area contributed by atoms with Gasteiger partial charge in [-0.1, -0.05) is 37.0 Å². The molecule has 0 amide bonds. The predicted octanol–water partition coefficient (Wildman–Crippen LogP) is 5.46. The molecule has 0 unspecified atom stereocenters. The normalized spacial score (nSPS) is 11.6. The highest BCUT2D eigenvalue weighted by molar-refractivity contribution is 7.13. The fourth-order valence-electron chi connectivity index (χ4n) is 3.93. The van der Waals surface area contributed by atoms with Crippen LogP contribution in [0.5, 0.6) is 5.75 Å². The van der Waals surface area contributed by atoms with Gasteiger partial charge in [0.15, 0.2) is 6.73 Å². The van der Waals surface area contributed by atoms with Crippen molar-refractivity contribution in [2.24, 2.45) is 7.05 Å². The molecule has 0 saturated carbocycles. The van der Waals surface area contributed by atoms with Crippen LogP contribution in [0.15, 0.2) is 35.1 Å². The number of fused-ring (bicyclic) bond motifs is 2. The Hall–Kier alpha value is -2.77. The van der Waals surface area contributed by atoms with E-state index in [1.54, 1.807) is 17.7 Å². The molecule has 0 saturated heterocycles. The van der Waals surface area contributed by atoms with Crippen LogP contribution in [-0.4, -0.2) is 21.6 Å². The lowest BCUT2D eigenvalue weighted by molar-refractivity contribution is 0.0374. The largest absolute Gasteiger partial charge is 0.497 e. The standard InChI is InChI=1S/C23H23ClN2O4S/c1-12(2)16-9-15(29-5)10-19-20(16)22(27)26(31-19)11-30-23(28)21-13(3)17-8-14(24)6-7-18(17)25(21)4/h6-10,12H,11H2,1-5H3. The summed E-state index contributed by atoms with van der Waals surface area (Å²) in [7, 11) is 3.42. The Kier molecular flexibility index (Phi) is 5.58. The monoisotopic (exact) mass is 458 g/mol. The molecular weight excluding hydrogens is 436 g/mol. The van der Waals surface area contributed by atoms with Crippen LogP contribution in [0.25, 0.3) is 21.0 Å². The molecule has 2 heterocycles. The number of hydrogen-bond donors (Lipinski definition) is 0. The summed E-state index contributed by atoms with van der Waals surface area (Å²) in [5.41, 5.74) is 2.87. The second-order valence-electron chi connectivity index (χ2n) is 7.77. The van der Waals surface area contributed by atoms with Crippen molar-refractivity contribution in [3.05, 3.63) is 62.5 Å². The molecule has 0 aliphatic rings. The van der Waals surface area contributed by atoms with Crippen molar-refractivity contribution in [1.82, 2.24) is 8.52 Å². The summed E-state index contributed by atoms with van der Waals surface area (Å²) in [6, 6.07) is 9.22. The third-order valence-electron chi connectivity index (χ3n) is 5.53. The lowest BCUT2D eigenvalue weighted by atomic mass is 9.99. The Labute approximate surface area is 188 Å². The van der Waals surface area contributed by atoms with Gasteiger partial charge in [-0.05, 0) is 54.3 Å². The summed E-state index contributed by atoms with van der Waals surface area (Å²) < 4.78 is 15.0. The first-order valence-electron chi connectivity index (χ1n) is 9.86. The quantitative estimate of drug-likeness (QED) is 0.372. The average Bonchev–Trinajstić information content (AvgIpc) is 3.18. The van der Waals surface area contributed by atoms with Gasteiger partial charge in [0.2, 0.25) is 0 Å². The zero-order valence-corrected chi connectivity index (χ0v) is 19.6. The van der Waals surface area contributed by atoms with Crippen LogP contribution in [0.2, 0.25) is 5.02 Å². The van der Waals surface area contributed by atoms with Gasteiger partial charge < -0.3 is 14.0 Å². The molecule has 0 fully saturated rings. The molecule has 0 radical (unpaired) electrons. The van der Waals surface area contributed by atoms with Crippen molar-refractivity contribution in [3.63, 3.8) is 0 Å². The molecule has 6 nitrogen and oxygen atoms in total. The van der Waals surface area contributed by atoms with Gasteiger partial charge >= 0.3 is 5.97 Å². The van der Waals surface area contributed by atoms with Crippen molar-refractivity contribution in [3.8, 4) is 5.75 Å². The molecule has 162 valence electrons. The van der Waals surface area contributed by atoms with E-state index in [1.165, 1.54) is 15.5 Å². The van der Waals surface area contributed by atoms with Gasteiger partial charge in [-0.2, -0.15) is 0 Å². The zero-order valence-electron chi connectivity index (χ0n) is 18.0. The Morgan fingerprint density at radius 3 is 2.65 bits per heavy atom. The number of methoxy groups -OCH3 is 1. The first-order chi connectivity index (χ1) is 14.7. The fourth-order valence-corrected chi connectivity index (χ4v) is 5.09. The summed E-state index contributed by atoms with van der Waals surface area (Å²) in [4.78, 5) is 25.9. The molecule has 8 heteroatoms. The van der Waals surface area contributed by atoms with Crippen molar-refractivity contribution >= 4 is 50.1 Å². The highest BCUT2D eigenvalue weighted by Gasteiger charge is 2.21. The SMILES string of the molecule is COc1cc(C(C)C)c2c(=O)n(COC(=O)c3c(C)c4cc(Cl)ccc4n3C)sc2c1. The van der Waals surface area contributed by atoms with Crippen LogP contribution in [0.4, 0.5) is 0 Å². The van der Waals surface area contributed by atoms with Crippen LogP contribution in [0.3, 0.4) is 0 Å². The maximum atomic E-state index is 13.0. The number of aryl methyl sites for hydroxylation is 2. The minimum absolute atomic E-state index is 0.154. The number of aromatic nitrogens is 2. The van der Waals surface area contributed by atoms with Gasteiger partial charge in [0.05, 0.1) is 17.2 Å². The van der Waals surface area contributed by atoms with Crippen LogP contribution < -0.4 is 10.3 Å². The summed E-state index contributed by atoms with van der Waals surface area (Å²) in [6.07, 6.45) is 0.